The van der Waals surface area contributed by atoms with Gasteiger partial charge < -0.3 is 23.9 Å². The summed E-state index contributed by atoms with van der Waals surface area (Å²) in [7, 11) is 1.56. The third-order valence-electron chi connectivity index (χ3n) is 5.77. The number of ether oxygens (including phenoxy) is 3. The number of nitrogens with one attached hydrogen (secondary N) is 1. The first-order valence-electron chi connectivity index (χ1n) is 11.2. The van der Waals surface area contributed by atoms with Crippen LogP contribution in [0.1, 0.15) is 33.5 Å². The number of carbonyl (C=O) groups is 1. The summed E-state index contributed by atoms with van der Waals surface area (Å²) in [6.07, 6.45) is 0. The fourth-order valence-electron chi connectivity index (χ4n) is 3.89. The van der Waals surface area contributed by atoms with Crippen molar-refractivity contribution < 1.29 is 23.4 Å². The van der Waals surface area contributed by atoms with Gasteiger partial charge in [0.2, 0.25) is 0 Å². The minimum Gasteiger partial charge on any atom is -0.493 e. The van der Waals surface area contributed by atoms with Gasteiger partial charge in [0.25, 0.3) is 5.91 Å². The summed E-state index contributed by atoms with van der Waals surface area (Å²) in [4.78, 5) is 15.2. The summed E-state index contributed by atoms with van der Waals surface area (Å²) in [6, 6.07) is 16.5. The van der Waals surface area contributed by atoms with E-state index in [0.717, 1.165) is 30.2 Å². The Bertz CT molecular complexity index is 1090. The number of morpholine rings is 1. The summed E-state index contributed by atoms with van der Waals surface area (Å²) in [5.74, 6) is 2.55. The van der Waals surface area contributed by atoms with Crippen LogP contribution in [0.15, 0.2) is 59.0 Å². The van der Waals surface area contributed by atoms with E-state index in [1.807, 2.05) is 43.3 Å². The molecule has 180 valence electrons. The fraction of sp³-hybridized carbons (Fsp3) is 0.346. The smallest absolute Gasteiger partial charge is 0.251 e. The highest BCUT2D eigenvalue weighted by molar-refractivity contribution is 6.30. The SMILES string of the molecule is COc1cc(C(=O)NCC(c2ccc(C)o2)N2CCOCC2)ccc1OCc1ccc(Cl)cc1. The number of hydrogen-bond donors (Lipinski definition) is 1. The third kappa shape index (κ3) is 6.11. The lowest BCUT2D eigenvalue weighted by molar-refractivity contribution is 0.0117. The normalized spacial score (nSPS) is 15.0. The molecule has 34 heavy (non-hydrogen) atoms. The lowest BCUT2D eigenvalue weighted by atomic mass is 10.1. The Labute approximate surface area is 204 Å². The van der Waals surface area contributed by atoms with Gasteiger partial charge in [0.05, 0.1) is 26.4 Å². The Morgan fingerprint density at radius 1 is 1.09 bits per heavy atom. The van der Waals surface area contributed by atoms with Crippen LogP contribution in [0, 0.1) is 6.92 Å². The Hall–Kier alpha value is -3.00. The van der Waals surface area contributed by atoms with Crippen LogP contribution in [-0.2, 0) is 11.3 Å². The first kappa shape index (κ1) is 24.1. The quantitative estimate of drug-likeness (QED) is 0.477. The maximum atomic E-state index is 13.0. The van der Waals surface area contributed by atoms with Crippen molar-refractivity contribution in [1.82, 2.24) is 10.2 Å². The highest BCUT2D eigenvalue weighted by Gasteiger charge is 2.26. The zero-order valence-corrected chi connectivity index (χ0v) is 20.1. The van der Waals surface area contributed by atoms with Crippen LogP contribution in [0.25, 0.3) is 0 Å². The number of furan rings is 1. The Morgan fingerprint density at radius 2 is 1.85 bits per heavy atom. The maximum Gasteiger partial charge on any atom is 0.251 e. The molecule has 1 saturated heterocycles. The summed E-state index contributed by atoms with van der Waals surface area (Å²) in [5, 5.41) is 3.72. The van der Waals surface area contributed by atoms with Crippen molar-refractivity contribution in [3.8, 4) is 11.5 Å². The second-order valence-corrected chi connectivity index (χ2v) is 8.54. The molecule has 4 rings (SSSR count). The molecule has 1 amide bonds. The van der Waals surface area contributed by atoms with Gasteiger partial charge in [-0.2, -0.15) is 0 Å². The number of methoxy groups -OCH3 is 1. The van der Waals surface area contributed by atoms with E-state index in [9.17, 15) is 4.79 Å². The molecule has 1 atom stereocenters. The third-order valence-corrected chi connectivity index (χ3v) is 6.02. The van der Waals surface area contributed by atoms with Gasteiger partial charge in [0, 0.05) is 30.2 Å². The van der Waals surface area contributed by atoms with Gasteiger partial charge in [-0.05, 0) is 55.0 Å². The number of halogens is 1. The zero-order valence-electron chi connectivity index (χ0n) is 19.4. The molecule has 1 unspecified atom stereocenters. The Kier molecular flexibility index (Phi) is 8.11. The second-order valence-electron chi connectivity index (χ2n) is 8.10. The molecule has 1 N–H and O–H groups in total. The number of nitrogens with zero attached hydrogens (tertiary/aromatic N) is 1. The van der Waals surface area contributed by atoms with Gasteiger partial charge in [-0.1, -0.05) is 23.7 Å². The van der Waals surface area contributed by atoms with Crippen LogP contribution < -0.4 is 14.8 Å². The summed E-state index contributed by atoms with van der Waals surface area (Å²) in [5.41, 5.74) is 1.47. The molecule has 3 aromatic rings. The van der Waals surface area contributed by atoms with Crippen molar-refractivity contribution in [2.75, 3.05) is 40.0 Å². The van der Waals surface area contributed by atoms with Crippen molar-refractivity contribution in [2.45, 2.75) is 19.6 Å². The molecule has 7 nitrogen and oxygen atoms in total. The van der Waals surface area contributed by atoms with Crippen LogP contribution in [-0.4, -0.2) is 50.8 Å². The molecule has 1 aliphatic rings. The van der Waals surface area contributed by atoms with Crippen molar-refractivity contribution in [2.24, 2.45) is 0 Å². The van der Waals surface area contributed by atoms with E-state index in [-0.39, 0.29) is 11.9 Å². The summed E-state index contributed by atoms with van der Waals surface area (Å²) >= 11 is 5.94. The molecule has 2 heterocycles. The van der Waals surface area contributed by atoms with E-state index in [1.54, 1.807) is 25.3 Å². The average Bonchev–Trinajstić information content (AvgIpc) is 3.30. The maximum absolute atomic E-state index is 13.0. The van der Waals surface area contributed by atoms with Gasteiger partial charge in [-0.25, -0.2) is 0 Å². The second kappa shape index (κ2) is 11.4. The average molecular weight is 485 g/mol. The van der Waals surface area contributed by atoms with Gasteiger partial charge >= 0.3 is 0 Å². The molecule has 0 spiro atoms. The van der Waals surface area contributed by atoms with E-state index < -0.39 is 0 Å². The molecular formula is C26H29ClN2O5. The molecule has 0 saturated carbocycles. The predicted molar refractivity (Wildman–Crippen MR) is 130 cm³/mol. The van der Waals surface area contributed by atoms with Gasteiger partial charge in [-0.3, -0.25) is 9.69 Å². The molecule has 1 fully saturated rings. The van der Waals surface area contributed by atoms with Crippen LogP contribution >= 0.6 is 11.6 Å². The topological polar surface area (TPSA) is 73.2 Å². The number of benzene rings is 2. The van der Waals surface area contributed by atoms with Crippen LogP contribution in [0.5, 0.6) is 11.5 Å². The van der Waals surface area contributed by atoms with Crippen molar-refractivity contribution >= 4 is 17.5 Å². The van der Waals surface area contributed by atoms with E-state index in [4.69, 9.17) is 30.2 Å². The number of hydrogen-bond acceptors (Lipinski definition) is 6. The fourth-order valence-corrected chi connectivity index (χ4v) is 4.02. The largest absolute Gasteiger partial charge is 0.493 e. The standard InChI is InChI=1S/C26H29ClN2O5/c1-18-3-9-23(34-18)22(29-11-13-32-14-12-29)16-28-26(30)20-6-10-24(25(15-20)31-2)33-17-19-4-7-21(27)8-5-19/h3-10,15,22H,11-14,16-17H2,1-2H3,(H,28,30). The molecule has 1 aliphatic heterocycles. The first-order chi connectivity index (χ1) is 16.5. The molecule has 2 aromatic carbocycles. The highest BCUT2D eigenvalue weighted by Crippen LogP contribution is 2.29. The molecule has 0 radical (unpaired) electrons. The molecular weight excluding hydrogens is 456 g/mol. The molecule has 1 aromatic heterocycles. The predicted octanol–water partition coefficient (Wildman–Crippen LogP) is 4.63. The number of rotatable bonds is 9. The van der Waals surface area contributed by atoms with E-state index in [2.05, 4.69) is 10.2 Å². The van der Waals surface area contributed by atoms with Gasteiger partial charge in [-0.15, -0.1) is 0 Å². The van der Waals surface area contributed by atoms with E-state index >= 15 is 0 Å². The van der Waals surface area contributed by atoms with Crippen molar-refractivity contribution in [3.63, 3.8) is 0 Å². The van der Waals surface area contributed by atoms with Crippen LogP contribution in [0.4, 0.5) is 0 Å². The minimum absolute atomic E-state index is 0.0644. The monoisotopic (exact) mass is 484 g/mol. The van der Waals surface area contributed by atoms with Gasteiger partial charge in [0.1, 0.15) is 18.1 Å². The molecule has 8 heteroatoms. The molecule has 0 aliphatic carbocycles. The van der Waals surface area contributed by atoms with E-state index in [0.29, 0.717) is 48.5 Å². The highest BCUT2D eigenvalue weighted by atomic mass is 35.5. The van der Waals surface area contributed by atoms with Crippen molar-refractivity contribution in [3.05, 3.63) is 82.3 Å². The molecule has 0 bridgehead atoms. The van der Waals surface area contributed by atoms with Crippen LogP contribution in [0.2, 0.25) is 5.02 Å². The van der Waals surface area contributed by atoms with Crippen LogP contribution in [0.3, 0.4) is 0 Å². The first-order valence-corrected chi connectivity index (χ1v) is 11.6. The van der Waals surface area contributed by atoms with Gasteiger partial charge in [0.15, 0.2) is 11.5 Å². The summed E-state index contributed by atoms with van der Waals surface area (Å²) < 4.78 is 22.7. The summed E-state index contributed by atoms with van der Waals surface area (Å²) in [6.45, 7) is 5.60. The van der Waals surface area contributed by atoms with Crippen molar-refractivity contribution in [1.29, 1.82) is 0 Å². The number of aryl methyl sites for hydroxylation is 1. The van der Waals surface area contributed by atoms with E-state index in [1.165, 1.54) is 0 Å². The Morgan fingerprint density at radius 3 is 2.53 bits per heavy atom. The minimum atomic E-state index is -0.191. The lowest BCUT2D eigenvalue weighted by Gasteiger charge is -2.33. The Balaban J connectivity index is 1.41. The number of amides is 1. The zero-order chi connectivity index (χ0) is 23.9. The lowest BCUT2D eigenvalue weighted by Crippen LogP contribution is -2.43. The number of carbonyl (C=O) groups excluding carboxylic acids is 1.